The lowest BCUT2D eigenvalue weighted by molar-refractivity contribution is 0.272. The van der Waals surface area contributed by atoms with Gasteiger partial charge < -0.3 is 9.64 Å². The predicted octanol–water partition coefficient (Wildman–Crippen LogP) is 3.03. The van der Waals surface area contributed by atoms with E-state index in [2.05, 4.69) is 48.0 Å². The van der Waals surface area contributed by atoms with E-state index in [0.29, 0.717) is 18.5 Å². The normalized spacial score (nSPS) is 21.6. The van der Waals surface area contributed by atoms with Crippen molar-refractivity contribution in [3.8, 4) is 12.1 Å². The van der Waals surface area contributed by atoms with E-state index in [1.54, 1.807) is 6.20 Å². The summed E-state index contributed by atoms with van der Waals surface area (Å²) in [5.74, 6) is 1.24. The fraction of sp³-hybridized carbons (Fsp3) is 0.500. The van der Waals surface area contributed by atoms with Crippen molar-refractivity contribution in [1.82, 2.24) is 30.1 Å². The molecular weight excluding hydrogens is 404 g/mol. The first-order valence-corrected chi connectivity index (χ1v) is 10.5. The molecule has 3 aromatic heterocycles. The van der Waals surface area contributed by atoms with Crippen LogP contribution in [0.5, 0.6) is 6.01 Å². The van der Waals surface area contributed by atoms with E-state index in [-0.39, 0.29) is 23.1 Å². The summed E-state index contributed by atoms with van der Waals surface area (Å²) in [7, 11) is 0. The van der Waals surface area contributed by atoms with Crippen LogP contribution in [0.2, 0.25) is 5.28 Å². The fourth-order valence-corrected chi connectivity index (χ4v) is 4.24. The molecule has 2 fully saturated rings. The molecule has 1 N–H and O–H groups in total. The van der Waals surface area contributed by atoms with E-state index in [1.807, 2.05) is 6.07 Å². The van der Waals surface area contributed by atoms with Gasteiger partial charge in [-0.05, 0) is 49.4 Å². The quantitative estimate of drug-likeness (QED) is 0.664. The summed E-state index contributed by atoms with van der Waals surface area (Å²) in [5, 5.41) is 17.7. The second kappa shape index (κ2) is 7.69. The molecule has 0 amide bonds. The van der Waals surface area contributed by atoms with Crippen molar-refractivity contribution in [1.29, 1.82) is 5.26 Å². The van der Waals surface area contributed by atoms with Crippen LogP contribution in [0, 0.1) is 30.1 Å². The highest BCUT2D eigenvalue weighted by atomic mass is 35.5. The van der Waals surface area contributed by atoms with E-state index >= 15 is 0 Å². The van der Waals surface area contributed by atoms with Crippen LogP contribution < -0.4 is 9.64 Å². The van der Waals surface area contributed by atoms with Crippen LogP contribution in [-0.4, -0.2) is 49.8 Å². The maximum absolute atomic E-state index is 8.91. The minimum Gasteiger partial charge on any atom is -0.463 e. The second-order valence-electron chi connectivity index (χ2n) is 7.95. The zero-order valence-corrected chi connectivity index (χ0v) is 17.3. The van der Waals surface area contributed by atoms with Gasteiger partial charge in [-0.25, -0.2) is 4.98 Å². The maximum atomic E-state index is 8.91. The summed E-state index contributed by atoms with van der Waals surface area (Å²) < 4.78 is 5.67. The van der Waals surface area contributed by atoms with Gasteiger partial charge in [0.05, 0.1) is 18.6 Å². The van der Waals surface area contributed by atoms with E-state index in [4.69, 9.17) is 21.6 Å². The Kier molecular flexibility index (Phi) is 4.87. The van der Waals surface area contributed by atoms with Crippen molar-refractivity contribution in [3.63, 3.8) is 0 Å². The Bertz CT molecular complexity index is 1120. The number of halogens is 1. The van der Waals surface area contributed by atoms with Gasteiger partial charge in [-0.3, -0.25) is 5.10 Å². The predicted molar refractivity (Wildman–Crippen MR) is 110 cm³/mol. The second-order valence-corrected chi connectivity index (χ2v) is 8.29. The van der Waals surface area contributed by atoms with E-state index in [9.17, 15) is 0 Å². The van der Waals surface area contributed by atoms with Gasteiger partial charge in [-0.2, -0.15) is 25.3 Å². The van der Waals surface area contributed by atoms with Gasteiger partial charge >= 0.3 is 6.01 Å². The molecule has 154 valence electrons. The third kappa shape index (κ3) is 3.63. The number of nitrogens with one attached hydrogen (secondary N) is 1. The van der Waals surface area contributed by atoms with Crippen molar-refractivity contribution in [2.45, 2.75) is 32.1 Å². The van der Waals surface area contributed by atoms with Gasteiger partial charge in [-0.1, -0.05) is 0 Å². The molecule has 1 saturated carbocycles. The molecule has 1 saturated heterocycles. The van der Waals surface area contributed by atoms with Gasteiger partial charge in [0.15, 0.2) is 5.65 Å². The Morgan fingerprint density at radius 3 is 2.90 bits per heavy atom. The van der Waals surface area contributed by atoms with Crippen molar-refractivity contribution >= 4 is 28.6 Å². The molecule has 3 aromatic rings. The minimum atomic E-state index is 0.0817. The summed E-state index contributed by atoms with van der Waals surface area (Å²) in [5.41, 5.74) is 3.11. The standard InChI is InChI=1S/C20H21ClN8O/c1-11-2-5-23-17-15(11)16(27-28-17)12-3-6-29(7-4-12)19-24-18(21)25-20(26-19)30-10-14-8-13(14)9-22/h2,5,12-14H,3-4,6-8,10H2,1H3,(H,23,27,28)/t13-,14+/m0/s1. The summed E-state index contributed by atoms with van der Waals surface area (Å²) in [6, 6.07) is 4.49. The Balaban J connectivity index is 1.27. The largest absolute Gasteiger partial charge is 0.463 e. The minimum absolute atomic E-state index is 0.0817. The SMILES string of the molecule is Cc1ccnc2n[nH]c(C3CCN(c4nc(Cl)nc(OC[C@H]5C[C@H]5C#N)n4)CC3)c12. The number of anilines is 1. The molecule has 2 aliphatic rings. The Morgan fingerprint density at radius 1 is 1.30 bits per heavy atom. The molecule has 2 atom stereocenters. The molecule has 1 aliphatic carbocycles. The van der Waals surface area contributed by atoms with Crippen LogP contribution in [0.4, 0.5) is 5.95 Å². The first kappa shape index (κ1) is 19.0. The molecule has 0 spiro atoms. The zero-order chi connectivity index (χ0) is 20.7. The summed E-state index contributed by atoms with van der Waals surface area (Å²) in [6.07, 6.45) is 4.54. The number of aromatic nitrogens is 6. The molecule has 5 rings (SSSR count). The molecular formula is C20H21ClN8O. The van der Waals surface area contributed by atoms with Crippen LogP contribution >= 0.6 is 11.6 Å². The number of rotatable bonds is 5. The number of aryl methyl sites for hydroxylation is 1. The number of hydrogen-bond acceptors (Lipinski definition) is 8. The first-order valence-electron chi connectivity index (χ1n) is 10.1. The Labute approximate surface area is 178 Å². The fourth-order valence-electron chi connectivity index (χ4n) is 4.09. The highest BCUT2D eigenvalue weighted by Crippen LogP contribution is 2.38. The van der Waals surface area contributed by atoms with Crippen molar-refractivity contribution < 1.29 is 4.74 Å². The van der Waals surface area contributed by atoms with Gasteiger partial charge in [-0.15, -0.1) is 0 Å². The number of aromatic amines is 1. The number of piperidine rings is 1. The van der Waals surface area contributed by atoms with Crippen LogP contribution in [0.1, 0.15) is 36.4 Å². The monoisotopic (exact) mass is 424 g/mol. The topological polar surface area (TPSA) is 117 Å². The average molecular weight is 425 g/mol. The number of nitrogens with zero attached hydrogens (tertiary/aromatic N) is 7. The number of H-pyrrole nitrogens is 1. The molecule has 1 aliphatic heterocycles. The lowest BCUT2D eigenvalue weighted by Crippen LogP contribution is -2.34. The summed E-state index contributed by atoms with van der Waals surface area (Å²) in [4.78, 5) is 19.3. The zero-order valence-electron chi connectivity index (χ0n) is 16.5. The van der Waals surface area contributed by atoms with Gasteiger partial charge in [0.1, 0.15) is 0 Å². The van der Waals surface area contributed by atoms with E-state index in [1.165, 1.54) is 5.56 Å². The third-order valence-corrected chi connectivity index (χ3v) is 6.14. The number of ether oxygens (including phenoxy) is 1. The van der Waals surface area contributed by atoms with Crippen molar-refractivity contribution in [2.75, 3.05) is 24.6 Å². The van der Waals surface area contributed by atoms with Gasteiger partial charge in [0.2, 0.25) is 11.2 Å². The summed E-state index contributed by atoms with van der Waals surface area (Å²) in [6.45, 7) is 4.11. The molecule has 0 unspecified atom stereocenters. The van der Waals surface area contributed by atoms with Crippen LogP contribution in [0.15, 0.2) is 12.3 Å². The van der Waals surface area contributed by atoms with E-state index in [0.717, 1.165) is 49.1 Å². The van der Waals surface area contributed by atoms with Crippen LogP contribution in [0.25, 0.3) is 11.0 Å². The highest BCUT2D eigenvalue weighted by molar-refractivity contribution is 6.28. The average Bonchev–Trinajstić information content (AvgIpc) is 3.39. The smallest absolute Gasteiger partial charge is 0.322 e. The third-order valence-electron chi connectivity index (χ3n) is 5.97. The van der Waals surface area contributed by atoms with Crippen molar-refractivity contribution in [3.05, 3.63) is 28.8 Å². The van der Waals surface area contributed by atoms with E-state index < -0.39 is 0 Å². The molecule has 0 bridgehead atoms. The molecule has 10 heteroatoms. The highest BCUT2D eigenvalue weighted by Gasteiger charge is 2.38. The number of nitriles is 1. The lowest BCUT2D eigenvalue weighted by Gasteiger charge is -2.31. The maximum Gasteiger partial charge on any atom is 0.322 e. The van der Waals surface area contributed by atoms with Crippen LogP contribution in [0.3, 0.4) is 0 Å². The Morgan fingerprint density at radius 2 is 2.13 bits per heavy atom. The lowest BCUT2D eigenvalue weighted by atomic mass is 9.91. The number of pyridine rings is 1. The molecule has 0 aromatic carbocycles. The first-order chi connectivity index (χ1) is 14.6. The molecule has 30 heavy (non-hydrogen) atoms. The Hall–Kier alpha value is -2.99. The molecule has 9 nitrogen and oxygen atoms in total. The molecule has 4 heterocycles. The van der Waals surface area contributed by atoms with Gasteiger partial charge in [0.25, 0.3) is 0 Å². The van der Waals surface area contributed by atoms with Crippen LogP contribution in [-0.2, 0) is 0 Å². The van der Waals surface area contributed by atoms with Crippen molar-refractivity contribution in [2.24, 2.45) is 11.8 Å². The number of fused-ring (bicyclic) bond motifs is 1. The molecule has 0 radical (unpaired) electrons. The number of hydrogen-bond donors (Lipinski definition) is 1. The summed E-state index contributed by atoms with van der Waals surface area (Å²) >= 11 is 6.11. The van der Waals surface area contributed by atoms with Gasteiger partial charge in [0, 0.05) is 42.2 Å².